The van der Waals surface area contributed by atoms with E-state index in [0.29, 0.717) is 5.84 Å². The van der Waals surface area contributed by atoms with Gasteiger partial charge in [0.25, 0.3) is 0 Å². The molecule has 86 valence electrons. The number of hydrazone groups is 2. The maximum Gasteiger partial charge on any atom is 0.173 e. The van der Waals surface area contributed by atoms with E-state index in [9.17, 15) is 0 Å². The smallest absolute Gasteiger partial charge is 0.173 e. The lowest BCUT2D eigenvalue weighted by Crippen LogP contribution is -2.20. The predicted molar refractivity (Wildman–Crippen MR) is 68.6 cm³/mol. The molecule has 0 aliphatic heterocycles. The first-order valence-electron chi connectivity index (χ1n) is 5.09. The first-order valence-corrected chi connectivity index (χ1v) is 5.09. The molecule has 4 nitrogen and oxygen atoms in total. The molecular weight excluding hydrogens is 200 g/mol. The van der Waals surface area contributed by atoms with Crippen LogP contribution in [0.3, 0.4) is 0 Å². The topological polar surface area (TPSA) is 62.8 Å². The van der Waals surface area contributed by atoms with E-state index in [2.05, 4.69) is 55.3 Å². The van der Waals surface area contributed by atoms with Crippen molar-refractivity contribution in [3.8, 4) is 0 Å². The lowest BCUT2D eigenvalue weighted by molar-refractivity contribution is 0.590. The van der Waals surface area contributed by atoms with Crippen molar-refractivity contribution in [2.24, 2.45) is 16.0 Å². The van der Waals surface area contributed by atoms with Gasteiger partial charge in [-0.3, -0.25) is 5.43 Å². The van der Waals surface area contributed by atoms with Crippen LogP contribution in [0.2, 0.25) is 0 Å². The minimum absolute atomic E-state index is 0.142. The Balaban J connectivity index is 2.99. The van der Waals surface area contributed by atoms with Crippen molar-refractivity contribution >= 4 is 12.6 Å². The summed E-state index contributed by atoms with van der Waals surface area (Å²) in [5.41, 5.74) is 4.94. The minimum atomic E-state index is 0.142. The van der Waals surface area contributed by atoms with Gasteiger partial charge in [0.05, 0.1) is 0 Å². The molecule has 16 heavy (non-hydrogen) atoms. The van der Waals surface area contributed by atoms with Gasteiger partial charge in [-0.1, -0.05) is 45.0 Å². The molecule has 0 saturated heterocycles. The summed E-state index contributed by atoms with van der Waals surface area (Å²) in [5, 5.41) is 7.16. The maximum atomic E-state index is 5.25. The minimum Gasteiger partial charge on any atom is -0.321 e. The van der Waals surface area contributed by atoms with Gasteiger partial charge in [-0.2, -0.15) is 10.2 Å². The van der Waals surface area contributed by atoms with Gasteiger partial charge >= 0.3 is 0 Å². The summed E-state index contributed by atoms with van der Waals surface area (Å²) >= 11 is 0. The normalized spacial score (nSPS) is 12.3. The van der Waals surface area contributed by atoms with Crippen molar-refractivity contribution in [2.75, 3.05) is 0 Å². The third kappa shape index (κ3) is 2.82. The number of hydrogen-bond donors (Lipinski definition) is 2. The summed E-state index contributed by atoms with van der Waals surface area (Å²) in [6, 6.07) is 8.05. The molecule has 0 amide bonds. The first-order chi connectivity index (χ1) is 7.49. The fraction of sp³-hybridized carbons (Fsp3) is 0.333. The molecule has 0 aliphatic rings. The Labute approximate surface area is 96.2 Å². The number of nitrogens with one attached hydrogen (secondary N) is 1. The van der Waals surface area contributed by atoms with Gasteiger partial charge in [0, 0.05) is 12.3 Å². The van der Waals surface area contributed by atoms with Gasteiger partial charge in [-0.05, 0) is 11.0 Å². The van der Waals surface area contributed by atoms with E-state index in [1.165, 1.54) is 5.56 Å². The number of hydrogen-bond acceptors (Lipinski definition) is 3. The molecular formula is C12H18N4. The van der Waals surface area contributed by atoms with Crippen LogP contribution in [0.4, 0.5) is 0 Å². The Morgan fingerprint density at radius 3 is 2.19 bits per heavy atom. The third-order valence-electron chi connectivity index (χ3n) is 2.34. The molecule has 0 spiro atoms. The van der Waals surface area contributed by atoms with Crippen molar-refractivity contribution in [1.82, 2.24) is 5.43 Å². The molecule has 0 aromatic heterocycles. The molecule has 1 aromatic rings. The summed E-state index contributed by atoms with van der Waals surface area (Å²) in [4.78, 5) is 0. The second kappa shape index (κ2) is 4.79. The predicted octanol–water partition coefficient (Wildman–Crippen LogP) is 1.81. The second-order valence-corrected chi connectivity index (χ2v) is 4.57. The van der Waals surface area contributed by atoms with E-state index in [1.54, 1.807) is 0 Å². The van der Waals surface area contributed by atoms with Crippen LogP contribution in [0, 0.1) is 0 Å². The van der Waals surface area contributed by atoms with Gasteiger partial charge < -0.3 is 5.84 Å². The van der Waals surface area contributed by atoms with Crippen LogP contribution in [0.25, 0.3) is 0 Å². The molecule has 0 heterocycles. The zero-order valence-corrected chi connectivity index (χ0v) is 9.99. The number of nitrogens with zero attached hydrogens (tertiary/aromatic N) is 2. The van der Waals surface area contributed by atoms with E-state index in [0.717, 1.165) is 5.56 Å². The summed E-state index contributed by atoms with van der Waals surface area (Å²) in [6.07, 6.45) is 0. The van der Waals surface area contributed by atoms with Crippen molar-refractivity contribution in [3.05, 3.63) is 35.4 Å². The van der Waals surface area contributed by atoms with Crippen LogP contribution in [0.5, 0.6) is 0 Å². The molecule has 0 aliphatic carbocycles. The van der Waals surface area contributed by atoms with Gasteiger partial charge in [-0.25, -0.2) is 0 Å². The third-order valence-corrected chi connectivity index (χ3v) is 2.34. The van der Waals surface area contributed by atoms with Crippen LogP contribution in [-0.2, 0) is 5.41 Å². The standard InChI is InChI=1S/C12H18N4/c1-12(2,3)10-7-5-9(6-8-10)11(15-13)16-14-4/h5-8H,4,13H2,1-3H3,(H,15,16). The monoisotopic (exact) mass is 218 g/mol. The number of amidine groups is 1. The molecule has 1 rings (SSSR count). The zero-order chi connectivity index (χ0) is 12.2. The van der Waals surface area contributed by atoms with Crippen molar-refractivity contribution in [2.45, 2.75) is 26.2 Å². The van der Waals surface area contributed by atoms with Gasteiger partial charge in [0.2, 0.25) is 0 Å². The van der Waals surface area contributed by atoms with E-state index in [4.69, 9.17) is 5.84 Å². The fourth-order valence-corrected chi connectivity index (χ4v) is 1.37. The zero-order valence-electron chi connectivity index (χ0n) is 9.99. The Bertz CT molecular complexity index is 384. The summed E-state index contributed by atoms with van der Waals surface area (Å²) in [5.74, 6) is 5.76. The maximum absolute atomic E-state index is 5.25. The van der Waals surface area contributed by atoms with E-state index >= 15 is 0 Å². The average molecular weight is 218 g/mol. The lowest BCUT2D eigenvalue weighted by Gasteiger charge is -2.19. The molecule has 0 atom stereocenters. The van der Waals surface area contributed by atoms with Crippen LogP contribution < -0.4 is 11.3 Å². The van der Waals surface area contributed by atoms with E-state index in [-0.39, 0.29) is 5.41 Å². The quantitative estimate of drug-likeness (QED) is 0.344. The van der Waals surface area contributed by atoms with E-state index < -0.39 is 0 Å². The van der Waals surface area contributed by atoms with Crippen molar-refractivity contribution in [1.29, 1.82) is 0 Å². The highest BCUT2D eigenvalue weighted by Crippen LogP contribution is 2.22. The first kappa shape index (κ1) is 12.2. The molecule has 3 N–H and O–H groups in total. The number of rotatable bonds is 2. The molecule has 0 unspecified atom stereocenters. The Morgan fingerprint density at radius 2 is 1.81 bits per heavy atom. The number of nitrogens with two attached hydrogens (primary N) is 1. The average Bonchev–Trinajstić information content (AvgIpc) is 2.25. The SMILES string of the molecule is C=NN/C(=N\N)c1ccc(C(C)(C)C)cc1. The van der Waals surface area contributed by atoms with Crippen LogP contribution in [0.1, 0.15) is 31.9 Å². The highest BCUT2D eigenvalue weighted by Gasteiger charge is 2.13. The lowest BCUT2D eigenvalue weighted by atomic mass is 9.86. The highest BCUT2D eigenvalue weighted by molar-refractivity contribution is 5.98. The second-order valence-electron chi connectivity index (χ2n) is 4.57. The largest absolute Gasteiger partial charge is 0.321 e. The fourth-order valence-electron chi connectivity index (χ4n) is 1.37. The van der Waals surface area contributed by atoms with Gasteiger partial charge in [0.15, 0.2) is 5.84 Å². The van der Waals surface area contributed by atoms with E-state index in [1.807, 2.05) is 12.1 Å². The van der Waals surface area contributed by atoms with Gasteiger partial charge in [-0.15, -0.1) is 0 Å². The van der Waals surface area contributed by atoms with Crippen LogP contribution >= 0.6 is 0 Å². The summed E-state index contributed by atoms with van der Waals surface area (Å²) < 4.78 is 0. The Kier molecular flexibility index (Phi) is 3.66. The number of benzene rings is 1. The summed E-state index contributed by atoms with van der Waals surface area (Å²) in [6.45, 7) is 9.84. The van der Waals surface area contributed by atoms with Crippen LogP contribution in [-0.4, -0.2) is 12.6 Å². The summed E-state index contributed by atoms with van der Waals surface area (Å²) in [7, 11) is 0. The van der Waals surface area contributed by atoms with Crippen LogP contribution in [0.15, 0.2) is 34.5 Å². The van der Waals surface area contributed by atoms with Crippen molar-refractivity contribution < 1.29 is 0 Å². The van der Waals surface area contributed by atoms with Crippen molar-refractivity contribution in [3.63, 3.8) is 0 Å². The molecule has 1 aromatic carbocycles. The molecule has 0 radical (unpaired) electrons. The Morgan fingerprint density at radius 1 is 1.25 bits per heavy atom. The highest BCUT2D eigenvalue weighted by atomic mass is 15.3. The Hall–Kier alpha value is -1.84. The molecule has 0 fully saturated rings. The van der Waals surface area contributed by atoms with Gasteiger partial charge in [0.1, 0.15) is 0 Å². The molecule has 0 bridgehead atoms. The molecule has 0 saturated carbocycles. The molecule has 4 heteroatoms.